The van der Waals surface area contributed by atoms with Gasteiger partial charge in [0.25, 0.3) is 0 Å². The van der Waals surface area contributed by atoms with Gasteiger partial charge in [-0.15, -0.1) is 13.2 Å². The molecule has 126 valence electrons. The summed E-state index contributed by atoms with van der Waals surface area (Å²) in [5.74, 6) is 1.18. The Balaban J connectivity index is 2.44. The number of ether oxygens (including phenoxy) is 1. The van der Waals surface area contributed by atoms with Gasteiger partial charge in [-0.1, -0.05) is 37.6 Å². The molecule has 0 aromatic heterocycles. The molecule has 2 nitrogen and oxygen atoms in total. The molecule has 1 N–H and O–H groups in total. The van der Waals surface area contributed by atoms with Crippen LogP contribution in [0.3, 0.4) is 0 Å². The molecule has 0 aliphatic heterocycles. The fourth-order valence-electron chi connectivity index (χ4n) is 2.62. The number of phenolic OH excluding ortho intramolecular Hbond substituents is 1. The van der Waals surface area contributed by atoms with Gasteiger partial charge in [0.05, 0.1) is 6.61 Å². The molecule has 0 spiro atoms. The van der Waals surface area contributed by atoms with Gasteiger partial charge in [0.15, 0.2) is 0 Å². The maximum absolute atomic E-state index is 10.0. The number of aromatic hydroxyl groups is 1. The first-order valence-electron chi connectivity index (χ1n) is 8.49. The molecule has 0 fully saturated rings. The maximum atomic E-state index is 10.0. The Morgan fingerprint density at radius 2 is 1.83 bits per heavy atom. The number of rotatable bonds is 9. The highest BCUT2D eigenvalue weighted by Crippen LogP contribution is 2.34. The molecule has 0 unspecified atom stereocenters. The molecule has 2 heteroatoms. The molecule has 0 bridgehead atoms. The predicted octanol–water partition coefficient (Wildman–Crippen LogP) is 5.70. The summed E-state index contributed by atoms with van der Waals surface area (Å²) < 4.78 is 5.99. The molecule has 0 aliphatic rings. The zero-order valence-electron chi connectivity index (χ0n) is 14.4. The number of phenols is 1. The van der Waals surface area contributed by atoms with Crippen molar-refractivity contribution in [2.75, 3.05) is 6.61 Å². The Labute approximate surface area is 145 Å². The molecule has 2 aromatic carbocycles. The summed E-state index contributed by atoms with van der Waals surface area (Å²) >= 11 is 0. The van der Waals surface area contributed by atoms with Crippen LogP contribution in [0.4, 0.5) is 0 Å². The van der Waals surface area contributed by atoms with Crippen molar-refractivity contribution in [1.29, 1.82) is 0 Å². The zero-order chi connectivity index (χ0) is 17.4. The normalized spacial score (nSPS) is 10.4. The molecule has 0 radical (unpaired) electrons. The van der Waals surface area contributed by atoms with Gasteiger partial charge < -0.3 is 9.84 Å². The summed E-state index contributed by atoms with van der Waals surface area (Å²) in [7, 11) is 0. The predicted molar refractivity (Wildman–Crippen MR) is 102 cm³/mol. The van der Waals surface area contributed by atoms with E-state index in [1.165, 1.54) is 5.56 Å². The van der Waals surface area contributed by atoms with Crippen molar-refractivity contribution in [2.24, 2.45) is 0 Å². The smallest absolute Gasteiger partial charge is 0.127 e. The summed E-state index contributed by atoms with van der Waals surface area (Å²) in [5, 5.41) is 10.0. The van der Waals surface area contributed by atoms with Gasteiger partial charge in [-0.05, 0) is 60.2 Å². The van der Waals surface area contributed by atoms with Gasteiger partial charge in [0.1, 0.15) is 11.5 Å². The van der Waals surface area contributed by atoms with Gasteiger partial charge in [0.2, 0.25) is 0 Å². The van der Waals surface area contributed by atoms with E-state index >= 15 is 0 Å². The molecule has 0 saturated heterocycles. The van der Waals surface area contributed by atoms with Crippen molar-refractivity contribution < 1.29 is 9.84 Å². The molecule has 0 heterocycles. The Morgan fingerprint density at radius 1 is 1.04 bits per heavy atom. The Bertz CT molecular complexity index is 701. The third-order valence-electron chi connectivity index (χ3n) is 3.93. The molecular formula is C22H26O2. The van der Waals surface area contributed by atoms with E-state index in [9.17, 15) is 5.11 Å². The van der Waals surface area contributed by atoms with E-state index < -0.39 is 0 Å². The summed E-state index contributed by atoms with van der Waals surface area (Å²) in [6.07, 6.45) is 7.29. The molecule has 0 amide bonds. The van der Waals surface area contributed by atoms with Crippen molar-refractivity contribution in [3.05, 3.63) is 72.8 Å². The number of allylic oxidation sites excluding steroid dienone is 2. The van der Waals surface area contributed by atoms with Crippen LogP contribution < -0.4 is 4.74 Å². The van der Waals surface area contributed by atoms with Crippen LogP contribution in [0.2, 0.25) is 0 Å². The Morgan fingerprint density at radius 3 is 2.54 bits per heavy atom. The molecule has 2 aromatic rings. The highest BCUT2D eigenvalue weighted by molar-refractivity contribution is 5.72. The molecule has 2 rings (SSSR count). The van der Waals surface area contributed by atoms with Crippen molar-refractivity contribution >= 4 is 0 Å². The molecule has 0 aliphatic carbocycles. The van der Waals surface area contributed by atoms with E-state index in [-0.39, 0.29) is 0 Å². The fraction of sp³-hybridized carbons (Fsp3) is 0.273. The first kappa shape index (κ1) is 17.9. The molecule has 24 heavy (non-hydrogen) atoms. The standard InChI is InChI=1S/C22H26O2/c1-4-7-14-24-22-13-10-17(8-5-2)15-20(22)18-11-12-21(23)19(16-18)9-6-3/h5-6,10-13,15-16,23H,2-4,7-9,14H2,1H3. The quantitative estimate of drug-likeness (QED) is 0.474. The summed E-state index contributed by atoms with van der Waals surface area (Å²) in [6.45, 7) is 10.4. The fourth-order valence-corrected chi connectivity index (χ4v) is 2.62. The summed E-state index contributed by atoms with van der Waals surface area (Å²) in [5.41, 5.74) is 4.16. The minimum Gasteiger partial charge on any atom is -0.508 e. The second-order valence-corrected chi connectivity index (χ2v) is 5.86. The average molecular weight is 322 g/mol. The number of hydrogen-bond acceptors (Lipinski definition) is 2. The second-order valence-electron chi connectivity index (χ2n) is 5.86. The SMILES string of the molecule is C=CCc1ccc(OCCCC)c(-c2ccc(O)c(CC=C)c2)c1. The lowest BCUT2D eigenvalue weighted by Gasteiger charge is -2.14. The van der Waals surface area contributed by atoms with Crippen LogP contribution in [0.1, 0.15) is 30.9 Å². The lowest BCUT2D eigenvalue weighted by molar-refractivity contribution is 0.310. The van der Waals surface area contributed by atoms with Crippen LogP contribution >= 0.6 is 0 Å². The third kappa shape index (κ3) is 4.51. The van der Waals surface area contributed by atoms with Crippen molar-refractivity contribution in [2.45, 2.75) is 32.6 Å². The van der Waals surface area contributed by atoms with Crippen LogP contribution in [0.25, 0.3) is 11.1 Å². The van der Waals surface area contributed by atoms with E-state index in [1.54, 1.807) is 12.1 Å². The lowest BCUT2D eigenvalue weighted by atomic mass is 9.97. The zero-order valence-corrected chi connectivity index (χ0v) is 14.4. The maximum Gasteiger partial charge on any atom is 0.127 e. The van der Waals surface area contributed by atoms with E-state index in [4.69, 9.17) is 4.74 Å². The van der Waals surface area contributed by atoms with Gasteiger partial charge in [0, 0.05) is 5.56 Å². The van der Waals surface area contributed by atoms with Gasteiger partial charge in [-0.2, -0.15) is 0 Å². The van der Waals surface area contributed by atoms with Crippen molar-refractivity contribution in [3.8, 4) is 22.6 Å². The van der Waals surface area contributed by atoms with E-state index in [0.717, 1.165) is 41.7 Å². The topological polar surface area (TPSA) is 29.5 Å². The minimum absolute atomic E-state index is 0.300. The lowest BCUT2D eigenvalue weighted by Crippen LogP contribution is -1.99. The van der Waals surface area contributed by atoms with Crippen LogP contribution in [0.15, 0.2) is 61.7 Å². The number of unbranched alkanes of at least 4 members (excludes halogenated alkanes) is 1. The first-order chi connectivity index (χ1) is 11.7. The summed E-state index contributed by atoms with van der Waals surface area (Å²) in [4.78, 5) is 0. The Kier molecular flexibility index (Phi) is 6.68. The minimum atomic E-state index is 0.300. The molecule has 0 atom stereocenters. The van der Waals surface area contributed by atoms with Gasteiger partial charge >= 0.3 is 0 Å². The molecule has 0 saturated carbocycles. The van der Waals surface area contributed by atoms with E-state index in [1.807, 2.05) is 24.3 Å². The van der Waals surface area contributed by atoms with Crippen LogP contribution in [-0.2, 0) is 12.8 Å². The van der Waals surface area contributed by atoms with Gasteiger partial charge in [-0.3, -0.25) is 0 Å². The first-order valence-corrected chi connectivity index (χ1v) is 8.49. The number of benzene rings is 2. The van der Waals surface area contributed by atoms with Gasteiger partial charge in [-0.25, -0.2) is 0 Å². The third-order valence-corrected chi connectivity index (χ3v) is 3.93. The van der Waals surface area contributed by atoms with Crippen molar-refractivity contribution in [1.82, 2.24) is 0 Å². The van der Waals surface area contributed by atoms with Crippen molar-refractivity contribution in [3.63, 3.8) is 0 Å². The molecular weight excluding hydrogens is 296 g/mol. The van der Waals surface area contributed by atoms with Crippen LogP contribution in [-0.4, -0.2) is 11.7 Å². The highest BCUT2D eigenvalue weighted by Gasteiger charge is 2.10. The van der Waals surface area contributed by atoms with E-state index in [0.29, 0.717) is 18.8 Å². The average Bonchev–Trinajstić information content (AvgIpc) is 2.59. The summed E-state index contributed by atoms with van der Waals surface area (Å²) in [6, 6.07) is 11.9. The highest BCUT2D eigenvalue weighted by atomic mass is 16.5. The largest absolute Gasteiger partial charge is 0.508 e. The van der Waals surface area contributed by atoms with E-state index in [2.05, 4.69) is 32.2 Å². The number of hydrogen-bond donors (Lipinski definition) is 1. The second kappa shape index (κ2) is 8.97. The monoisotopic (exact) mass is 322 g/mol. The Hall–Kier alpha value is -2.48. The van der Waals surface area contributed by atoms with Crippen LogP contribution in [0.5, 0.6) is 11.5 Å². The van der Waals surface area contributed by atoms with Crippen LogP contribution in [0, 0.1) is 0 Å².